The Balaban J connectivity index is 1.82. The number of anilines is 1. The molecule has 1 aromatic carbocycles. The quantitative estimate of drug-likeness (QED) is 0.512. The van der Waals surface area contributed by atoms with Gasteiger partial charge in [-0.3, -0.25) is 0 Å². The van der Waals surface area contributed by atoms with Crippen molar-refractivity contribution in [3.05, 3.63) is 54.0 Å². The van der Waals surface area contributed by atoms with Crippen LogP contribution in [0, 0.1) is 11.2 Å². The van der Waals surface area contributed by atoms with Crippen LogP contribution < -0.4 is 15.4 Å². The Morgan fingerprint density at radius 1 is 1.20 bits per heavy atom. The highest BCUT2D eigenvalue weighted by Gasteiger charge is 2.14. The highest BCUT2D eigenvalue weighted by Crippen LogP contribution is 2.25. The normalized spacial score (nSPS) is 15.4. The number of halogens is 3. The van der Waals surface area contributed by atoms with E-state index in [0.717, 1.165) is 38.3 Å². The van der Waals surface area contributed by atoms with Crippen LogP contribution in [0.1, 0.15) is 24.8 Å². The van der Waals surface area contributed by atoms with E-state index >= 15 is 0 Å². The summed E-state index contributed by atoms with van der Waals surface area (Å²) in [6.45, 7) is -1.19. The third-order valence-electron chi connectivity index (χ3n) is 4.62. The maximum absolute atomic E-state index is 14.2. The van der Waals surface area contributed by atoms with Crippen LogP contribution >= 0.6 is 0 Å². The number of pyridine rings is 1. The Hall–Kier alpha value is -3.36. The predicted molar refractivity (Wildman–Crippen MR) is 111 cm³/mol. The van der Waals surface area contributed by atoms with Gasteiger partial charge in [0, 0.05) is 30.9 Å². The van der Waals surface area contributed by atoms with Crippen molar-refractivity contribution in [1.82, 2.24) is 4.98 Å². The lowest BCUT2D eigenvalue weighted by molar-refractivity contribution is -0.0498. The number of piperidine rings is 1. The number of aliphatic imine (C=N–C) groups is 1. The van der Waals surface area contributed by atoms with Crippen molar-refractivity contribution < 1.29 is 17.9 Å². The summed E-state index contributed by atoms with van der Waals surface area (Å²) in [7, 11) is 0. The second-order valence-corrected chi connectivity index (χ2v) is 6.73. The zero-order valence-electron chi connectivity index (χ0n) is 16.2. The van der Waals surface area contributed by atoms with Gasteiger partial charge in [-0.05, 0) is 43.0 Å². The molecule has 1 aliphatic rings. The number of alkyl halides is 2. The molecular weight excluding hydrogens is 395 g/mol. The van der Waals surface area contributed by atoms with Crippen LogP contribution in [0.4, 0.5) is 24.7 Å². The number of aromatic nitrogens is 1. The van der Waals surface area contributed by atoms with Crippen molar-refractivity contribution in [3.8, 4) is 5.75 Å². The highest BCUT2D eigenvalue weighted by atomic mass is 19.3. The number of hydrogen-bond acceptors (Lipinski definition) is 5. The summed E-state index contributed by atoms with van der Waals surface area (Å²) < 4.78 is 43.0. The van der Waals surface area contributed by atoms with Gasteiger partial charge in [-0.15, -0.1) is 0 Å². The van der Waals surface area contributed by atoms with E-state index in [4.69, 9.17) is 11.1 Å². The third-order valence-corrected chi connectivity index (χ3v) is 4.62. The first-order valence-corrected chi connectivity index (χ1v) is 9.48. The van der Waals surface area contributed by atoms with Gasteiger partial charge in [0.25, 0.3) is 0 Å². The lowest BCUT2D eigenvalue weighted by Crippen LogP contribution is -2.30. The van der Waals surface area contributed by atoms with Crippen LogP contribution in [0.3, 0.4) is 0 Å². The van der Waals surface area contributed by atoms with Crippen molar-refractivity contribution in [2.45, 2.75) is 25.9 Å². The second-order valence-electron chi connectivity index (χ2n) is 6.73. The molecule has 0 bridgehead atoms. The van der Waals surface area contributed by atoms with Gasteiger partial charge in [0.1, 0.15) is 23.1 Å². The van der Waals surface area contributed by atoms with E-state index in [2.05, 4.69) is 19.6 Å². The summed E-state index contributed by atoms with van der Waals surface area (Å²) >= 11 is 0. The monoisotopic (exact) mass is 417 g/mol. The highest BCUT2D eigenvalue weighted by molar-refractivity contribution is 6.16. The van der Waals surface area contributed by atoms with Crippen LogP contribution in [-0.2, 0) is 0 Å². The maximum atomic E-state index is 14.2. The van der Waals surface area contributed by atoms with Crippen LogP contribution in [0.5, 0.6) is 5.75 Å². The zero-order valence-corrected chi connectivity index (χ0v) is 16.2. The average Bonchev–Trinajstić information content (AvgIpc) is 2.74. The van der Waals surface area contributed by atoms with E-state index in [1.165, 1.54) is 36.8 Å². The summed E-state index contributed by atoms with van der Waals surface area (Å²) in [5, 5.41) is 7.60. The first-order valence-electron chi connectivity index (χ1n) is 9.48. The topological polar surface area (TPSA) is 87.6 Å². The number of allylic oxidation sites excluding steroid dienone is 1. The molecule has 0 unspecified atom stereocenters. The van der Waals surface area contributed by atoms with Crippen LogP contribution in [0.15, 0.2) is 47.6 Å². The molecule has 30 heavy (non-hydrogen) atoms. The predicted octanol–water partition coefficient (Wildman–Crippen LogP) is 4.53. The Morgan fingerprint density at radius 3 is 2.53 bits per heavy atom. The van der Waals surface area contributed by atoms with E-state index in [-0.39, 0.29) is 17.3 Å². The van der Waals surface area contributed by atoms with E-state index in [9.17, 15) is 13.2 Å². The average molecular weight is 417 g/mol. The number of amidine groups is 1. The molecule has 158 valence electrons. The van der Waals surface area contributed by atoms with Crippen molar-refractivity contribution in [2.24, 2.45) is 10.7 Å². The molecule has 1 aliphatic heterocycles. The molecule has 2 heterocycles. The summed E-state index contributed by atoms with van der Waals surface area (Å²) in [6.07, 6.45) is 6.88. The van der Waals surface area contributed by atoms with Gasteiger partial charge in [-0.1, -0.05) is 12.1 Å². The molecule has 2 aromatic rings. The first kappa shape index (κ1) is 21.4. The lowest BCUT2D eigenvalue weighted by Gasteiger charge is -2.27. The number of hydrogen-bond donors (Lipinski definition) is 2. The molecule has 9 heteroatoms. The molecule has 0 atom stereocenters. The molecule has 3 rings (SSSR count). The molecule has 0 aliphatic carbocycles. The Labute approximate surface area is 172 Å². The summed E-state index contributed by atoms with van der Waals surface area (Å²) in [5.41, 5.74) is 6.95. The smallest absolute Gasteiger partial charge is 0.387 e. The van der Waals surface area contributed by atoms with Crippen molar-refractivity contribution >= 4 is 29.1 Å². The fraction of sp³-hybridized carbons (Fsp3) is 0.286. The van der Waals surface area contributed by atoms with Crippen LogP contribution in [0.25, 0.3) is 5.57 Å². The van der Waals surface area contributed by atoms with Gasteiger partial charge in [0.15, 0.2) is 5.82 Å². The standard InChI is InChI=1S/C21H22F3N5O/c22-17-13-27-20(29-8-2-1-3-9-29)11-18(17)28-19(26)10-15(12-25)14-4-6-16(7-5-14)30-21(23)24/h4-7,10-13,21,25H,1-3,8-9H2,(H2,26,27,28)/b15-10+,25-12?. The van der Waals surface area contributed by atoms with Gasteiger partial charge in [0.05, 0.1) is 6.20 Å². The van der Waals surface area contributed by atoms with Gasteiger partial charge in [-0.25, -0.2) is 14.4 Å². The van der Waals surface area contributed by atoms with Crippen molar-refractivity contribution in [2.75, 3.05) is 18.0 Å². The molecule has 1 saturated heterocycles. The fourth-order valence-electron chi connectivity index (χ4n) is 3.17. The minimum absolute atomic E-state index is 0.00354. The molecule has 6 nitrogen and oxygen atoms in total. The fourth-order valence-corrected chi connectivity index (χ4v) is 3.17. The first-order chi connectivity index (χ1) is 14.5. The minimum Gasteiger partial charge on any atom is -0.435 e. The summed E-state index contributed by atoms with van der Waals surface area (Å²) in [4.78, 5) is 10.4. The van der Waals surface area contributed by atoms with E-state index in [1.54, 1.807) is 6.07 Å². The summed E-state index contributed by atoms with van der Waals surface area (Å²) in [6, 6.07) is 7.31. The van der Waals surface area contributed by atoms with E-state index < -0.39 is 12.4 Å². The maximum Gasteiger partial charge on any atom is 0.387 e. The van der Waals surface area contributed by atoms with Crippen molar-refractivity contribution in [1.29, 1.82) is 5.41 Å². The van der Waals surface area contributed by atoms with E-state index in [1.807, 2.05) is 0 Å². The molecular formula is C21H22F3N5O. The van der Waals surface area contributed by atoms with Crippen molar-refractivity contribution in [3.63, 3.8) is 0 Å². The Morgan fingerprint density at radius 2 is 1.90 bits per heavy atom. The number of ether oxygens (including phenoxy) is 1. The van der Waals surface area contributed by atoms with Crippen LogP contribution in [0.2, 0.25) is 0 Å². The molecule has 3 N–H and O–H groups in total. The number of nitrogens with zero attached hydrogens (tertiary/aromatic N) is 3. The van der Waals surface area contributed by atoms with Gasteiger partial charge < -0.3 is 20.8 Å². The summed E-state index contributed by atoms with van der Waals surface area (Å²) in [5.74, 6) is 0.0467. The van der Waals surface area contributed by atoms with Gasteiger partial charge in [0.2, 0.25) is 0 Å². The molecule has 1 aromatic heterocycles. The zero-order chi connectivity index (χ0) is 21.5. The Bertz CT molecular complexity index is 938. The van der Waals surface area contributed by atoms with Gasteiger partial charge >= 0.3 is 6.61 Å². The molecule has 0 saturated carbocycles. The minimum atomic E-state index is -2.92. The lowest BCUT2D eigenvalue weighted by atomic mass is 10.1. The van der Waals surface area contributed by atoms with Gasteiger partial charge in [-0.2, -0.15) is 8.78 Å². The molecule has 0 radical (unpaired) electrons. The molecule has 0 amide bonds. The number of benzene rings is 1. The number of rotatable bonds is 7. The van der Waals surface area contributed by atoms with E-state index in [0.29, 0.717) is 17.0 Å². The van der Waals surface area contributed by atoms with Crippen LogP contribution in [-0.4, -0.2) is 36.7 Å². The Kier molecular flexibility index (Phi) is 7.05. The second kappa shape index (κ2) is 9.91. The molecule has 0 spiro atoms. The SMILES string of the molecule is N=C/C(=C\C(N)=Nc1cc(N2CCCCC2)ncc1F)c1ccc(OC(F)F)cc1. The largest absolute Gasteiger partial charge is 0.435 e. The third kappa shape index (κ3) is 5.59. The number of nitrogens with one attached hydrogen (secondary N) is 1. The number of nitrogens with two attached hydrogens (primary N) is 1. The molecule has 1 fully saturated rings.